The lowest BCUT2D eigenvalue weighted by molar-refractivity contribution is -0.140. The number of carbonyl (C=O) groups excluding carboxylic acids is 1. The van der Waals surface area contributed by atoms with Crippen LogP contribution in [0.5, 0.6) is 11.5 Å². The second kappa shape index (κ2) is 7.91. The summed E-state index contributed by atoms with van der Waals surface area (Å²) >= 11 is 1.66. The molecular weight excluding hydrogens is 401 g/mol. The highest BCUT2D eigenvalue weighted by atomic mass is 32.2. The maximum atomic E-state index is 12.7. The molecule has 2 aromatic carbocycles. The minimum Gasteiger partial charge on any atom is -0.457 e. The molecule has 154 valence electrons. The normalized spacial score (nSPS) is 17.6. The second-order valence-electron chi connectivity index (χ2n) is 7.29. The van der Waals surface area contributed by atoms with Crippen LogP contribution in [0.15, 0.2) is 42.5 Å². The highest BCUT2D eigenvalue weighted by Crippen LogP contribution is 2.33. The first kappa shape index (κ1) is 20.1. The van der Waals surface area contributed by atoms with Gasteiger partial charge < -0.3 is 9.64 Å². The molecule has 29 heavy (non-hydrogen) atoms. The lowest BCUT2D eigenvalue weighted by atomic mass is 9.96. The van der Waals surface area contributed by atoms with E-state index < -0.39 is 11.7 Å². The summed E-state index contributed by atoms with van der Waals surface area (Å²) < 4.78 is 46.0. The summed E-state index contributed by atoms with van der Waals surface area (Å²) in [6.07, 6.45) is -1.57. The van der Waals surface area contributed by atoms with Gasteiger partial charge in [0, 0.05) is 26.2 Å². The largest absolute Gasteiger partial charge is 0.457 e. The van der Waals surface area contributed by atoms with Crippen LogP contribution in [-0.4, -0.2) is 41.0 Å². The van der Waals surface area contributed by atoms with E-state index in [4.69, 9.17) is 4.74 Å². The van der Waals surface area contributed by atoms with E-state index in [1.54, 1.807) is 11.9 Å². The van der Waals surface area contributed by atoms with Crippen molar-refractivity contribution in [1.29, 1.82) is 0 Å². The molecule has 1 saturated heterocycles. The van der Waals surface area contributed by atoms with Crippen molar-refractivity contribution < 1.29 is 22.7 Å². The number of amides is 1. The number of ether oxygens (including phenoxy) is 1. The third-order valence-corrected chi connectivity index (χ3v) is 6.19. The van der Waals surface area contributed by atoms with Gasteiger partial charge in [0.05, 0.1) is 11.5 Å². The molecule has 8 heteroatoms. The first-order valence-electron chi connectivity index (χ1n) is 9.38. The molecule has 0 aliphatic carbocycles. The molecule has 2 aliphatic heterocycles. The van der Waals surface area contributed by atoms with E-state index in [1.165, 1.54) is 17.7 Å². The number of carbonyl (C=O) groups is 1. The molecule has 1 amide bonds. The molecule has 2 heterocycles. The van der Waals surface area contributed by atoms with Crippen molar-refractivity contribution >= 4 is 17.9 Å². The van der Waals surface area contributed by atoms with Gasteiger partial charge in [0.25, 0.3) is 0 Å². The number of halogens is 3. The van der Waals surface area contributed by atoms with Gasteiger partial charge in [-0.2, -0.15) is 13.2 Å². The lowest BCUT2D eigenvalue weighted by Gasteiger charge is -2.40. The monoisotopic (exact) mass is 422 g/mol. The molecule has 1 fully saturated rings. The molecule has 0 N–H and O–H groups in total. The quantitative estimate of drug-likeness (QED) is 0.675. The second-order valence-corrected chi connectivity index (χ2v) is 8.17. The molecule has 0 atom stereocenters. The summed E-state index contributed by atoms with van der Waals surface area (Å²) in [6.45, 7) is 2.83. The Labute approximate surface area is 171 Å². The highest BCUT2D eigenvalue weighted by Gasteiger charge is 2.36. The van der Waals surface area contributed by atoms with E-state index in [0.29, 0.717) is 24.6 Å². The molecule has 0 radical (unpaired) electrons. The SMILES string of the molecule is CSN1CC(C(=O)N2CCc3ccc(Oc4ccc(C(F)(F)F)cc4)cc3C2)C1. The van der Waals surface area contributed by atoms with Gasteiger partial charge in [-0.3, -0.25) is 4.79 Å². The fraction of sp³-hybridized carbons (Fsp3) is 0.381. The standard InChI is InChI=1S/C21H21F3N2O2S/c1-29-26-12-16(13-26)20(27)25-9-8-14-2-5-19(10-15(14)11-25)28-18-6-3-17(4-7-18)21(22,23)24/h2-7,10,16H,8-9,11-13H2,1H3. The van der Waals surface area contributed by atoms with Crippen molar-refractivity contribution in [2.75, 3.05) is 25.9 Å². The van der Waals surface area contributed by atoms with Crippen molar-refractivity contribution in [3.05, 3.63) is 59.2 Å². The van der Waals surface area contributed by atoms with Crippen LogP contribution in [0, 0.1) is 5.92 Å². The Bertz CT molecular complexity index is 896. The van der Waals surface area contributed by atoms with Gasteiger partial charge in [-0.1, -0.05) is 18.0 Å². The Morgan fingerprint density at radius 2 is 1.76 bits per heavy atom. The summed E-state index contributed by atoms with van der Waals surface area (Å²) in [5.41, 5.74) is 1.49. The first-order chi connectivity index (χ1) is 13.8. The van der Waals surface area contributed by atoms with Crippen LogP contribution < -0.4 is 4.74 Å². The highest BCUT2D eigenvalue weighted by molar-refractivity contribution is 7.96. The number of hydrogen-bond acceptors (Lipinski definition) is 4. The lowest BCUT2D eigenvalue weighted by Crippen LogP contribution is -2.52. The predicted molar refractivity (Wildman–Crippen MR) is 106 cm³/mol. The Kier molecular flexibility index (Phi) is 5.48. The minimum atomic E-state index is -4.37. The van der Waals surface area contributed by atoms with Gasteiger partial charge in [-0.25, -0.2) is 4.31 Å². The number of benzene rings is 2. The summed E-state index contributed by atoms with van der Waals surface area (Å²) in [7, 11) is 0. The van der Waals surface area contributed by atoms with Gasteiger partial charge in [0.15, 0.2) is 0 Å². The number of fused-ring (bicyclic) bond motifs is 1. The summed E-state index contributed by atoms with van der Waals surface area (Å²) in [6, 6.07) is 10.3. The fourth-order valence-corrected chi connectivity index (χ4v) is 4.29. The zero-order valence-corrected chi connectivity index (χ0v) is 16.7. The van der Waals surface area contributed by atoms with Crippen LogP contribution in [-0.2, 0) is 23.9 Å². The van der Waals surface area contributed by atoms with Gasteiger partial charge in [-0.15, -0.1) is 0 Å². The van der Waals surface area contributed by atoms with Crippen LogP contribution in [0.4, 0.5) is 13.2 Å². The smallest absolute Gasteiger partial charge is 0.416 e. The van der Waals surface area contributed by atoms with Crippen molar-refractivity contribution in [2.45, 2.75) is 19.1 Å². The number of hydrogen-bond donors (Lipinski definition) is 0. The molecule has 4 rings (SSSR count). The van der Waals surface area contributed by atoms with Crippen LogP contribution in [0.3, 0.4) is 0 Å². The third-order valence-electron chi connectivity index (χ3n) is 5.37. The van der Waals surface area contributed by atoms with E-state index in [0.717, 1.165) is 37.2 Å². The van der Waals surface area contributed by atoms with Crippen LogP contribution in [0.1, 0.15) is 16.7 Å². The molecule has 0 saturated carbocycles. The first-order valence-corrected chi connectivity index (χ1v) is 10.6. The third kappa shape index (κ3) is 4.38. The number of alkyl halides is 3. The molecule has 0 spiro atoms. The average Bonchev–Trinajstić information content (AvgIpc) is 2.66. The molecule has 0 aromatic heterocycles. The minimum absolute atomic E-state index is 0.0654. The van der Waals surface area contributed by atoms with Gasteiger partial charge >= 0.3 is 6.18 Å². The summed E-state index contributed by atoms with van der Waals surface area (Å²) in [4.78, 5) is 14.6. The fourth-order valence-electron chi connectivity index (χ4n) is 3.63. The number of nitrogens with zero attached hydrogens (tertiary/aromatic N) is 2. The van der Waals surface area contributed by atoms with E-state index in [-0.39, 0.29) is 11.8 Å². The molecule has 4 nitrogen and oxygen atoms in total. The maximum absolute atomic E-state index is 12.7. The Morgan fingerprint density at radius 3 is 2.41 bits per heavy atom. The van der Waals surface area contributed by atoms with Crippen LogP contribution in [0.25, 0.3) is 0 Å². The topological polar surface area (TPSA) is 32.8 Å². The van der Waals surface area contributed by atoms with Crippen molar-refractivity contribution in [3.8, 4) is 11.5 Å². The van der Waals surface area contributed by atoms with Gasteiger partial charge in [-0.05, 0) is 60.2 Å². The zero-order valence-electron chi connectivity index (χ0n) is 15.9. The Hall–Kier alpha value is -2.19. The zero-order chi connectivity index (χ0) is 20.6. The van der Waals surface area contributed by atoms with E-state index in [2.05, 4.69) is 4.31 Å². The van der Waals surface area contributed by atoms with Gasteiger partial charge in [0.1, 0.15) is 11.5 Å². The van der Waals surface area contributed by atoms with Gasteiger partial charge in [0.2, 0.25) is 5.91 Å². The molecule has 2 aliphatic rings. The van der Waals surface area contributed by atoms with Crippen molar-refractivity contribution in [3.63, 3.8) is 0 Å². The van der Waals surface area contributed by atoms with E-state index >= 15 is 0 Å². The maximum Gasteiger partial charge on any atom is 0.416 e. The summed E-state index contributed by atoms with van der Waals surface area (Å²) in [5, 5.41) is 0. The Balaban J connectivity index is 1.43. The van der Waals surface area contributed by atoms with Crippen molar-refractivity contribution in [1.82, 2.24) is 9.21 Å². The predicted octanol–water partition coefficient (Wildman–Crippen LogP) is 4.59. The Morgan fingerprint density at radius 1 is 1.07 bits per heavy atom. The molecule has 0 bridgehead atoms. The van der Waals surface area contributed by atoms with Crippen LogP contribution in [0.2, 0.25) is 0 Å². The molecule has 2 aromatic rings. The summed E-state index contributed by atoms with van der Waals surface area (Å²) in [5.74, 6) is 1.15. The number of rotatable bonds is 4. The van der Waals surface area contributed by atoms with E-state index in [1.807, 2.05) is 29.4 Å². The van der Waals surface area contributed by atoms with Crippen LogP contribution >= 0.6 is 11.9 Å². The molecule has 0 unspecified atom stereocenters. The van der Waals surface area contributed by atoms with E-state index in [9.17, 15) is 18.0 Å². The van der Waals surface area contributed by atoms with Crippen molar-refractivity contribution in [2.24, 2.45) is 5.92 Å². The average molecular weight is 422 g/mol. The molecular formula is C21H21F3N2O2S.